The van der Waals surface area contributed by atoms with E-state index in [1.165, 1.54) is 25.7 Å². The molecule has 0 aliphatic heterocycles. The van der Waals surface area contributed by atoms with E-state index in [1.807, 2.05) is 30.3 Å². The lowest BCUT2D eigenvalue weighted by Crippen LogP contribution is -2.21. The Balaban J connectivity index is 1.71. The van der Waals surface area contributed by atoms with Crippen LogP contribution in [-0.4, -0.2) is 12.0 Å². The number of para-hydroxylation sites is 1. The van der Waals surface area contributed by atoms with E-state index in [4.69, 9.17) is 16.3 Å². The summed E-state index contributed by atoms with van der Waals surface area (Å²) in [6.07, 6.45) is 6.16. The number of hydrogen-bond acceptors (Lipinski definition) is 1. The first-order chi connectivity index (χ1) is 7.86. The summed E-state index contributed by atoms with van der Waals surface area (Å²) in [7, 11) is 0. The third-order valence-corrected chi connectivity index (χ3v) is 3.89. The quantitative estimate of drug-likeness (QED) is 0.713. The molecule has 2 unspecified atom stereocenters. The molecule has 1 aromatic carbocycles. The predicted octanol–water partition coefficient (Wildman–Crippen LogP) is 4.25. The number of benzene rings is 1. The van der Waals surface area contributed by atoms with Crippen molar-refractivity contribution in [1.82, 2.24) is 0 Å². The Morgan fingerprint density at radius 1 is 1.12 bits per heavy atom. The molecule has 2 atom stereocenters. The van der Waals surface area contributed by atoms with Gasteiger partial charge in [0.05, 0.1) is 6.61 Å². The number of halogens is 1. The van der Waals surface area contributed by atoms with Gasteiger partial charge in [0.25, 0.3) is 0 Å². The van der Waals surface area contributed by atoms with Crippen LogP contribution in [-0.2, 0) is 0 Å². The summed E-state index contributed by atoms with van der Waals surface area (Å²) in [6.45, 7) is 0.790. The lowest BCUT2D eigenvalue weighted by molar-refractivity contribution is 0.249. The van der Waals surface area contributed by atoms with Gasteiger partial charge in [-0.1, -0.05) is 31.0 Å². The Bertz CT molecular complexity index is 299. The van der Waals surface area contributed by atoms with E-state index in [0.717, 1.165) is 18.8 Å². The molecule has 1 saturated carbocycles. The van der Waals surface area contributed by atoms with Crippen molar-refractivity contribution < 1.29 is 4.74 Å². The number of rotatable bonds is 4. The molecular formula is C14H19ClO. The Hall–Kier alpha value is -0.690. The van der Waals surface area contributed by atoms with Gasteiger partial charge in [0, 0.05) is 5.38 Å². The Morgan fingerprint density at radius 3 is 2.62 bits per heavy atom. The second kappa shape index (κ2) is 6.15. The first-order valence-electron chi connectivity index (χ1n) is 6.18. The highest BCUT2D eigenvalue weighted by molar-refractivity contribution is 6.20. The van der Waals surface area contributed by atoms with Gasteiger partial charge in [-0.3, -0.25) is 0 Å². The summed E-state index contributed by atoms with van der Waals surface area (Å²) in [4.78, 5) is 0. The van der Waals surface area contributed by atoms with Gasteiger partial charge in [-0.2, -0.15) is 0 Å². The summed E-state index contributed by atoms with van der Waals surface area (Å²) in [5.41, 5.74) is 0. The van der Waals surface area contributed by atoms with Crippen LogP contribution in [0.1, 0.15) is 32.1 Å². The van der Waals surface area contributed by atoms with Crippen molar-refractivity contribution in [3.8, 4) is 5.75 Å². The van der Waals surface area contributed by atoms with Crippen LogP contribution >= 0.6 is 11.6 Å². The maximum absolute atomic E-state index is 6.31. The Labute approximate surface area is 103 Å². The van der Waals surface area contributed by atoms with E-state index in [-0.39, 0.29) is 0 Å². The van der Waals surface area contributed by atoms with Gasteiger partial charge < -0.3 is 4.74 Å². The van der Waals surface area contributed by atoms with E-state index in [1.54, 1.807) is 0 Å². The molecule has 1 aliphatic rings. The topological polar surface area (TPSA) is 9.23 Å². The standard InChI is InChI=1S/C14H19ClO/c15-14-9-5-4-6-12(14)10-11-16-13-7-2-1-3-8-13/h1-3,7-8,12,14H,4-6,9-11H2. The van der Waals surface area contributed by atoms with Crippen LogP contribution < -0.4 is 4.74 Å². The molecule has 88 valence electrons. The van der Waals surface area contributed by atoms with Crippen molar-refractivity contribution in [3.63, 3.8) is 0 Å². The SMILES string of the molecule is ClC1CCCCC1CCOc1ccccc1. The van der Waals surface area contributed by atoms with Crippen molar-refractivity contribution in [1.29, 1.82) is 0 Å². The summed E-state index contributed by atoms with van der Waals surface area (Å²) in [6, 6.07) is 10.0. The maximum Gasteiger partial charge on any atom is 0.119 e. The first-order valence-corrected chi connectivity index (χ1v) is 6.62. The second-order valence-corrected chi connectivity index (χ2v) is 5.07. The average Bonchev–Trinajstić information content (AvgIpc) is 2.33. The van der Waals surface area contributed by atoms with Gasteiger partial charge in [-0.15, -0.1) is 11.6 Å². The normalized spacial score (nSPS) is 25.3. The molecular weight excluding hydrogens is 220 g/mol. The Kier molecular flexibility index (Phi) is 4.53. The predicted molar refractivity (Wildman–Crippen MR) is 68.2 cm³/mol. The molecule has 1 aromatic rings. The molecule has 16 heavy (non-hydrogen) atoms. The molecule has 1 nitrogen and oxygen atoms in total. The van der Waals surface area contributed by atoms with E-state index in [0.29, 0.717) is 11.3 Å². The molecule has 1 fully saturated rings. The largest absolute Gasteiger partial charge is 0.494 e. The van der Waals surface area contributed by atoms with Gasteiger partial charge in [-0.25, -0.2) is 0 Å². The van der Waals surface area contributed by atoms with Crippen LogP contribution in [0, 0.1) is 5.92 Å². The third kappa shape index (κ3) is 3.41. The van der Waals surface area contributed by atoms with Crippen LogP contribution in [0.2, 0.25) is 0 Å². The molecule has 0 N–H and O–H groups in total. The van der Waals surface area contributed by atoms with E-state index >= 15 is 0 Å². The molecule has 0 bridgehead atoms. The maximum atomic E-state index is 6.31. The zero-order valence-electron chi connectivity index (χ0n) is 9.57. The minimum Gasteiger partial charge on any atom is -0.494 e. The smallest absolute Gasteiger partial charge is 0.119 e. The second-order valence-electron chi connectivity index (χ2n) is 4.51. The number of ether oxygens (including phenoxy) is 1. The minimum atomic E-state index is 0.369. The third-order valence-electron chi connectivity index (χ3n) is 3.32. The molecule has 1 aliphatic carbocycles. The van der Waals surface area contributed by atoms with E-state index in [2.05, 4.69) is 0 Å². The molecule has 0 radical (unpaired) electrons. The summed E-state index contributed by atoms with van der Waals surface area (Å²) < 4.78 is 5.70. The minimum absolute atomic E-state index is 0.369. The molecule has 0 heterocycles. The summed E-state index contributed by atoms with van der Waals surface area (Å²) >= 11 is 6.31. The lowest BCUT2D eigenvalue weighted by atomic mass is 9.87. The van der Waals surface area contributed by atoms with Gasteiger partial charge in [0.1, 0.15) is 5.75 Å². The van der Waals surface area contributed by atoms with Crippen molar-refractivity contribution in [2.45, 2.75) is 37.5 Å². The van der Waals surface area contributed by atoms with Gasteiger partial charge in [0.15, 0.2) is 0 Å². The van der Waals surface area contributed by atoms with Gasteiger partial charge in [-0.05, 0) is 37.3 Å². The highest BCUT2D eigenvalue weighted by Gasteiger charge is 2.22. The van der Waals surface area contributed by atoms with Crippen molar-refractivity contribution in [3.05, 3.63) is 30.3 Å². The highest BCUT2D eigenvalue weighted by Crippen LogP contribution is 2.30. The van der Waals surface area contributed by atoms with Gasteiger partial charge >= 0.3 is 0 Å². The monoisotopic (exact) mass is 238 g/mol. The van der Waals surface area contributed by atoms with Crippen LogP contribution in [0.5, 0.6) is 5.75 Å². The van der Waals surface area contributed by atoms with Crippen LogP contribution in [0.25, 0.3) is 0 Å². The zero-order chi connectivity index (χ0) is 11.2. The van der Waals surface area contributed by atoms with Crippen molar-refractivity contribution in [2.24, 2.45) is 5.92 Å². The fraction of sp³-hybridized carbons (Fsp3) is 0.571. The van der Waals surface area contributed by atoms with E-state index in [9.17, 15) is 0 Å². The zero-order valence-corrected chi connectivity index (χ0v) is 10.3. The number of alkyl halides is 1. The molecule has 0 amide bonds. The van der Waals surface area contributed by atoms with Crippen LogP contribution in [0.3, 0.4) is 0 Å². The first kappa shape index (κ1) is 11.8. The van der Waals surface area contributed by atoms with Crippen LogP contribution in [0.15, 0.2) is 30.3 Å². The molecule has 2 heteroatoms. The van der Waals surface area contributed by atoms with Crippen molar-refractivity contribution in [2.75, 3.05) is 6.61 Å². The highest BCUT2D eigenvalue weighted by atomic mass is 35.5. The summed E-state index contributed by atoms with van der Waals surface area (Å²) in [5.74, 6) is 1.61. The fourth-order valence-corrected chi connectivity index (χ4v) is 2.74. The molecule has 0 saturated heterocycles. The van der Waals surface area contributed by atoms with Gasteiger partial charge in [0.2, 0.25) is 0 Å². The van der Waals surface area contributed by atoms with Crippen molar-refractivity contribution >= 4 is 11.6 Å². The van der Waals surface area contributed by atoms with E-state index < -0.39 is 0 Å². The fourth-order valence-electron chi connectivity index (χ4n) is 2.33. The summed E-state index contributed by atoms with van der Waals surface area (Å²) in [5, 5.41) is 0.369. The lowest BCUT2D eigenvalue weighted by Gasteiger charge is -2.26. The Morgan fingerprint density at radius 2 is 1.88 bits per heavy atom. The van der Waals surface area contributed by atoms with Crippen LogP contribution in [0.4, 0.5) is 0 Å². The average molecular weight is 239 g/mol. The molecule has 0 aromatic heterocycles. The molecule has 2 rings (SSSR count). The molecule has 0 spiro atoms. The number of hydrogen-bond donors (Lipinski definition) is 0.